The fourth-order valence-electron chi connectivity index (χ4n) is 4.03. The van der Waals surface area contributed by atoms with E-state index in [4.69, 9.17) is 0 Å². The maximum absolute atomic E-state index is 2.36. The van der Waals surface area contributed by atoms with Gasteiger partial charge in [-0.2, -0.15) is 0 Å². The van der Waals surface area contributed by atoms with Gasteiger partial charge in [0, 0.05) is 0 Å². The minimum absolute atomic E-state index is 0. The van der Waals surface area contributed by atoms with E-state index in [1.807, 2.05) is 0 Å². The Morgan fingerprint density at radius 3 is 1.09 bits per heavy atom. The van der Waals surface area contributed by atoms with Gasteiger partial charge in [-0.05, 0) is 32.1 Å². The maximum Gasteiger partial charge on any atom is 0.0786 e. The smallest absolute Gasteiger partial charge is 0.0786 e. The van der Waals surface area contributed by atoms with Crippen molar-refractivity contribution in [3.8, 4) is 0 Å². The maximum atomic E-state index is 2.36. The molecule has 0 bridgehead atoms. The molecule has 0 spiro atoms. The van der Waals surface area contributed by atoms with Crippen LogP contribution in [0, 0.1) is 0 Å². The van der Waals surface area contributed by atoms with E-state index in [2.05, 4.69) is 27.7 Å². The predicted molar refractivity (Wildman–Crippen MR) is 104 cm³/mol. The van der Waals surface area contributed by atoms with E-state index in [1.54, 1.807) is 0 Å². The van der Waals surface area contributed by atoms with Crippen LogP contribution >= 0.6 is 0 Å². The van der Waals surface area contributed by atoms with Gasteiger partial charge in [-0.1, -0.05) is 79.1 Å². The lowest BCUT2D eigenvalue weighted by Crippen LogP contribution is -2.50. The van der Waals surface area contributed by atoms with Gasteiger partial charge in [-0.25, -0.2) is 0 Å². The van der Waals surface area contributed by atoms with Crippen LogP contribution in [0.1, 0.15) is 111 Å². The summed E-state index contributed by atoms with van der Waals surface area (Å²) in [5.41, 5.74) is 0. The zero-order valence-electron chi connectivity index (χ0n) is 16.9. The average molecular weight is 330 g/mol. The molecule has 0 aromatic rings. The summed E-state index contributed by atoms with van der Waals surface area (Å²) in [5, 5.41) is 0. The van der Waals surface area contributed by atoms with E-state index in [0.29, 0.717) is 0 Å². The SMILES string of the molecule is CCCCCCCCCCCC[N+](CCC)(CCC)CCC.[OH-]. The zero-order valence-corrected chi connectivity index (χ0v) is 16.9. The molecule has 0 aromatic carbocycles. The van der Waals surface area contributed by atoms with Crippen molar-refractivity contribution in [1.82, 2.24) is 0 Å². The Hall–Kier alpha value is -0.0800. The molecule has 0 aliphatic rings. The van der Waals surface area contributed by atoms with Gasteiger partial charge in [0.15, 0.2) is 0 Å². The second kappa shape index (κ2) is 18.3. The minimum Gasteiger partial charge on any atom is -0.870 e. The molecule has 2 heteroatoms. The van der Waals surface area contributed by atoms with Gasteiger partial charge in [0.2, 0.25) is 0 Å². The first-order chi connectivity index (χ1) is 10.7. The number of quaternary nitrogens is 1. The third kappa shape index (κ3) is 14.0. The van der Waals surface area contributed by atoms with Crippen LogP contribution in [0.25, 0.3) is 0 Å². The van der Waals surface area contributed by atoms with Crippen LogP contribution in [0.3, 0.4) is 0 Å². The van der Waals surface area contributed by atoms with Crippen molar-refractivity contribution in [2.24, 2.45) is 0 Å². The largest absolute Gasteiger partial charge is 0.870 e. The molecule has 0 rings (SSSR count). The van der Waals surface area contributed by atoms with Gasteiger partial charge in [0.25, 0.3) is 0 Å². The lowest BCUT2D eigenvalue weighted by atomic mass is 10.1. The summed E-state index contributed by atoms with van der Waals surface area (Å²) in [6.45, 7) is 15.0. The van der Waals surface area contributed by atoms with Crippen LogP contribution in [0.15, 0.2) is 0 Å². The van der Waals surface area contributed by atoms with E-state index >= 15 is 0 Å². The van der Waals surface area contributed by atoms with Gasteiger partial charge in [-0.15, -0.1) is 0 Å². The Labute approximate surface area is 147 Å². The summed E-state index contributed by atoms with van der Waals surface area (Å²) >= 11 is 0. The van der Waals surface area contributed by atoms with Crippen molar-refractivity contribution < 1.29 is 9.96 Å². The summed E-state index contributed by atoms with van der Waals surface area (Å²) in [7, 11) is 0. The van der Waals surface area contributed by atoms with Crippen molar-refractivity contribution in [2.75, 3.05) is 26.2 Å². The highest BCUT2D eigenvalue weighted by Crippen LogP contribution is 2.16. The summed E-state index contributed by atoms with van der Waals surface area (Å²) in [6, 6.07) is 0. The van der Waals surface area contributed by atoms with Crippen LogP contribution < -0.4 is 0 Å². The molecule has 142 valence electrons. The summed E-state index contributed by atoms with van der Waals surface area (Å²) in [4.78, 5) is 0. The number of hydrogen-bond acceptors (Lipinski definition) is 1. The van der Waals surface area contributed by atoms with Crippen molar-refractivity contribution in [3.63, 3.8) is 0 Å². The van der Waals surface area contributed by atoms with Gasteiger partial charge >= 0.3 is 0 Å². The lowest BCUT2D eigenvalue weighted by Gasteiger charge is -2.38. The molecule has 0 heterocycles. The lowest BCUT2D eigenvalue weighted by molar-refractivity contribution is -0.928. The molecule has 0 fully saturated rings. The van der Waals surface area contributed by atoms with Crippen LogP contribution in [-0.4, -0.2) is 36.1 Å². The predicted octanol–water partition coefficient (Wildman–Crippen LogP) is 6.78. The van der Waals surface area contributed by atoms with Crippen molar-refractivity contribution >= 4 is 0 Å². The zero-order chi connectivity index (χ0) is 16.5. The van der Waals surface area contributed by atoms with Crippen molar-refractivity contribution in [3.05, 3.63) is 0 Å². The van der Waals surface area contributed by atoms with Crippen LogP contribution in [0.2, 0.25) is 0 Å². The number of nitrogens with zero attached hydrogens (tertiary/aromatic N) is 1. The molecule has 0 saturated heterocycles. The fourth-order valence-corrected chi connectivity index (χ4v) is 4.03. The molecule has 0 aliphatic carbocycles. The second-order valence-corrected chi connectivity index (χ2v) is 7.42. The molecule has 0 atom stereocenters. The number of rotatable bonds is 17. The molecule has 0 aliphatic heterocycles. The molecule has 0 unspecified atom stereocenters. The topological polar surface area (TPSA) is 30.0 Å². The number of unbranched alkanes of at least 4 members (excludes halogenated alkanes) is 9. The summed E-state index contributed by atoms with van der Waals surface area (Å²) in [5.74, 6) is 0. The van der Waals surface area contributed by atoms with E-state index in [-0.39, 0.29) is 5.48 Å². The van der Waals surface area contributed by atoms with Gasteiger partial charge < -0.3 is 9.96 Å². The summed E-state index contributed by atoms with van der Waals surface area (Å²) < 4.78 is 1.40. The van der Waals surface area contributed by atoms with Crippen LogP contribution in [-0.2, 0) is 0 Å². The molecule has 0 aromatic heterocycles. The molecule has 1 N–H and O–H groups in total. The molecule has 0 radical (unpaired) electrons. The molecule has 2 nitrogen and oxygen atoms in total. The first-order valence-electron chi connectivity index (χ1n) is 10.6. The van der Waals surface area contributed by atoms with Crippen LogP contribution in [0.4, 0.5) is 0 Å². The average Bonchev–Trinajstić information content (AvgIpc) is 2.50. The highest BCUT2D eigenvalue weighted by molar-refractivity contribution is 4.50. The van der Waals surface area contributed by atoms with Gasteiger partial charge in [-0.3, -0.25) is 0 Å². The molecule has 23 heavy (non-hydrogen) atoms. The van der Waals surface area contributed by atoms with E-state index in [1.165, 1.54) is 114 Å². The Morgan fingerprint density at radius 2 is 0.739 bits per heavy atom. The first kappa shape index (κ1) is 25.2. The van der Waals surface area contributed by atoms with Crippen molar-refractivity contribution in [1.29, 1.82) is 0 Å². The Balaban J connectivity index is 0. The normalized spacial score (nSPS) is 11.5. The monoisotopic (exact) mass is 329 g/mol. The van der Waals surface area contributed by atoms with E-state index in [0.717, 1.165) is 0 Å². The Kier molecular flexibility index (Phi) is 20.0. The van der Waals surface area contributed by atoms with Gasteiger partial charge in [0.05, 0.1) is 26.2 Å². The van der Waals surface area contributed by atoms with Crippen molar-refractivity contribution in [2.45, 2.75) is 111 Å². The second-order valence-electron chi connectivity index (χ2n) is 7.42. The molecule has 0 amide bonds. The third-order valence-electron chi connectivity index (χ3n) is 5.08. The standard InChI is InChI=1S/C21H46N.H2O/c1-5-9-10-11-12-13-14-15-16-17-21-22(18-6-2,19-7-3)20-8-4;/h5-21H2,1-4H3;1H2/q+1;/p-1. The van der Waals surface area contributed by atoms with Crippen LogP contribution in [0.5, 0.6) is 0 Å². The quantitative estimate of drug-likeness (QED) is 0.214. The molecular formula is C21H47NO. The third-order valence-corrected chi connectivity index (χ3v) is 5.08. The van der Waals surface area contributed by atoms with Gasteiger partial charge in [0.1, 0.15) is 0 Å². The molecule has 0 saturated carbocycles. The minimum atomic E-state index is 0. The van der Waals surface area contributed by atoms with E-state index < -0.39 is 0 Å². The Morgan fingerprint density at radius 1 is 0.391 bits per heavy atom. The summed E-state index contributed by atoms with van der Waals surface area (Å²) in [6.07, 6.45) is 18.6. The highest BCUT2D eigenvalue weighted by Gasteiger charge is 2.23. The first-order valence-corrected chi connectivity index (χ1v) is 10.6. The highest BCUT2D eigenvalue weighted by atomic mass is 16.0. The Bertz CT molecular complexity index is 201. The number of hydrogen-bond donors (Lipinski definition) is 0. The fraction of sp³-hybridized carbons (Fsp3) is 1.00. The van der Waals surface area contributed by atoms with E-state index in [9.17, 15) is 0 Å². The molecular weight excluding hydrogens is 282 g/mol.